The summed E-state index contributed by atoms with van der Waals surface area (Å²) in [6.45, 7) is 8.82. The molecule has 2 fully saturated rings. The Kier molecular flexibility index (Phi) is 10.6. The summed E-state index contributed by atoms with van der Waals surface area (Å²) < 4.78 is 0. The number of benzene rings is 2. The molecule has 0 aromatic heterocycles. The summed E-state index contributed by atoms with van der Waals surface area (Å²) >= 11 is 0. The first kappa shape index (κ1) is 28.2. The lowest BCUT2D eigenvalue weighted by Gasteiger charge is -2.37. The molecule has 38 heavy (non-hydrogen) atoms. The van der Waals surface area contributed by atoms with Crippen molar-refractivity contribution in [2.24, 2.45) is 5.92 Å². The Bertz CT molecular complexity index is 1030. The van der Waals surface area contributed by atoms with Gasteiger partial charge in [-0.3, -0.25) is 14.5 Å². The maximum atomic E-state index is 13.6. The molecule has 2 amide bonds. The molecule has 6 nitrogen and oxygen atoms in total. The van der Waals surface area contributed by atoms with Crippen molar-refractivity contribution in [1.82, 2.24) is 10.2 Å². The van der Waals surface area contributed by atoms with Gasteiger partial charge >= 0.3 is 0 Å². The highest BCUT2D eigenvalue weighted by atomic mass is 16.2. The minimum atomic E-state index is -0.0206. The van der Waals surface area contributed by atoms with Crippen molar-refractivity contribution in [3.8, 4) is 0 Å². The van der Waals surface area contributed by atoms with Crippen molar-refractivity contribution in [2.45, 2.75) is 84.2 Å². The fraction of sp³-hybridized carbons (Fsp3) is 0.562. The second-order valence-corrected chi connectivity index (χ2v) is 11.0. The third kappa shape index (κ3) is 7.83. The van der Waals surface area contributed by atoms with Crippen molar-refractivity contribution in [2.75, 3.05) is 36.4 Å². The summed E-state index contributed by atoms with van der Waals surface area (Å²) in [5.74, 6) is 0.0430. The summed E-state index contributed by atoms with van der Waals surface area (Å²) in [6.07, 6.45) is 9.56. The van der Waals surface area contributed by atoms with Crippen LogP contribution in [-0.4, -0.2) is 48.9 Å². The van der Waals surface area contributed by atoms with Crippen LogP contribution < -0.4 is 15.5 Å². The number of rotatable bonds is 11. The molecular formula is C32H46N4O2. The zero-order chi connectivity index (χ0) is 26.7. The van der Waals surface area contributed by atoms with Gasteiger partial charge in [-0.15, -0.1) is 0 Å². The molecule has 2 N–H and O–H groups in total. The van der Waals surface area contributed by atoms with Crippen molar-refractivity contribution < 1.29 is 9.59 Å². The molecule has 0 radical (unpaired) electrons. The van der Waals surface area contributed by atoms with Gasteiger partial charge in [0.05, 0.1) is 5.56 Å². The molecule has 1 aliphatic carbocycles. The van der Waals surface area contributed by atoms with Gasteiger partial charge in [0.2, 0.25) is 5.91 Å². The van der Waals surface area contributed by atoms with Gasteiger partial charge < -0.3 is 15.5 Å². The molecule has 2 aromatic carbocycles. The second kappa shape index (κ2) is 14.3. The summed E-state index contributed by atoms with van der Waals surface area (Å²) in [5, 5.41) is 6.43. The number of piperazine rings is 1. The van der Waals surface area contributed by atoms with Crippen molar-refractivity contribution in [3.63, 3.8) is 0 Å². The van der Waals surface area contributed by atoms with E-state index in [0.29, 0.717) is 11.3 Å². The van der Waals surface area contributed by atoms with Crippen molar-refractivity contribution in [1.29, 1.82) is 0 Å². The Labute approximate surface area is 229 Å². The smallest absolute Gasteiger partial charge is 0.253 e. The van der Waals surface area contributed by atoms with Crippen LogP contribution in [0.3, 0.4) is 0 Å². The zero-order valence-corrected chi connectivity index (χ0v) is 23.4. The third-order valence-electron chi connectivity index (χ3n) is 8.18. The Morgan fingerprint density at radius 1 is 0.947 bits per heavy atom. The lowest BCUT2D eigenvalue weighted by molar-refractivity contribution is -0.120. The van der Waals surface area contributed by atoms with Gasteiger partial charge in [0.25, 0.3) is 5.91 Å². The van der Waals surface area contributed by atoms with E-state index in [0.717, 1.165) is 76.9 Å². The summed E-state index contributed by atoms with van der Waals surface area (Å²) in [4.78, 5) is 31.4. The molecule has 2 aromatic rings. The van der Waals surface area contributed by atoms with Crippen LogP contribution >= 0.6 is 0 Å². The van der Waals surface area contributed by atoms with E-state index in [1.165, 1.54) is 24.8 Å². The molecular weight excluding hydrogens is 472 g/mol. The van der Waals surface area contributed by atoms with E-state index in [9.17, 15) is 9.59 Å². The van der Waals surface area contributed by atoms with E-state index in [4.69, 9.17) is 0 Å². The lowest BCUT2D eigenvalue weighted by atomic mass is 9.95. The van der Waals surface area contributed by atoms with Crippen LogP contribution in [0.5, 0.6) is 0 Å². The van der Waals surface area contributed by atoms with Gasteiger partial charge in [-0.2, -0.15) is 0 Å². The molecule has 2 aliphatic rings. The van der Waals surface area contributed by atoms with Crippen LogP contribution in [-0.2, 0) is 11.3 Å². The van der Waals surface area contributed by atoms with Gasteiger partial charge in [0.1, 0.15) is 0 Å². The van der Waals surface area contributed by atoms with E-state index in [-0.39, 0.29) is 23.8 Å². The van der Waals surface area contributed by atoms with Crippen molar-refractivity contribution in [3.05, 3.63) is 59.7 Å². The van der Waals surface area contributed by atoms with Crippen LogP contribution in [0.1, 0.15) is 87.6 Å². The van der Waals surface area contributed by atoms with Crippen LogP contribution in [0.4, 0.5) is 11.4 Å². The van der Waals surface area contributed by atoms with E-state index >= 15 is 0 Å². The molecule has 1 saturated heterocycles. The highest BCUT2D eigenvalue weighted by Crippen LogP contribution is 2.28. The highest BCUT2D eigenvalue weighted by molar-refractivity contribution is 6.02. The number of carbonyl (C=O) groups excluding carboxylic acids is 2. The topological polar surface area (TPSA) is 64.7 Å². The van der Waals surface area contributed by atoms with E-state index in [1.54, 1.807) is 0 Å². The van der Waals surface area contributed by atoms with Gasteiger partial charge in [0, 0.05) is 56.1 Å². The van der Waals surface area contributed by atoms with Gasteiger partial charge in [0.15, 0.2) is 0 Å². The molecule has 1 saturated carbocycles. The van der Waals surface area contributed by atoms with Gasteiger partial charge in [-0.05, 0) is 49.4 Å². The average Bonchev–Trinajstić information content (AvgIpc) is 2.95. The Morgan fingerprint density at radius 2 is 1.68 bits per heavy atom. The standard InChI is InChI=1S/C32H46N4O2/c1-3-5-14-26(4-2)31(37)34-28-17-18-30(29(23-28)32(38)33-27-15-10-7-11-16-27)36-21-19-35(20-22-36)24-25-12-8-6-9-13-25/h6,8-9,12-13,17-18,23,26-27H,3-5,7,10-11,14-16,19-22,24H2,1-2H3,(H,33,38)(H,34,37). The number of anilines is 2. The molecule has 1 atom stereocenters. The first-order valence-electron chi connectivity index (χ1n) is 14.8. The average molecular weight is 519 g/mol. The van der Waals surface area contributed by atoms with E-state index < -0.39 is 0 Å². The first-order chi connectivity index (χ1) is 18.6. The molecule has 6 heteroatoms. The molecule has 1 unspecified atom stereocenters. The number of hydrogen-bond donors (Lipinski definition) is 2. The normalized spacial score (nSPS) is 17.7. The fourth-order valence-corrected chi connectivity index (χ4v) is 5.79. The number of amides is 2. The van der Waals surface area contributed by atoms with E-state index in [2.05, 4.69) is 64.6 Å². The molecule has 0 spiro atoms. The quantitative estimate of drug-likeness (QED) is 0.370. The van der Waals surface area contributed by atoms with Gasteiger partial charge in [-0.25, -0.2) is 0 Å². The highest BCUT2D eigenvalue weighted by Gasteiger charge is 2.25. The number of hydrogen-bond acceptors (Lipinski definition) is 4. The van der Waals surface area contributed by atoms with Crippen LogP contribution in [0.25, 0.3) is 0 Å². The minimum Gasteiger partial charge on any atom is -0.368 e. The summed E-state index contributed by atoms with van der Waals surface area (Å²) in [7, 11) is 0. The fourth-order valence-electron chi connectivity index (χ4n) is 5.79. The maximum absolute atomic E-state index is 13.6. The maximum Gasteiger partial charge on any atom is 0.253 e. The first-order valence-corrected chi connectivity index (χ1v) is 14.8. The van der Waals surface area contributed by atoms with Crippen molar-refractivity contribution >= 4 is 23.2 Å². The SMILES string of the molecule is CCCCC(CC)C(=O)Nc1ccc(N2CCN(Cc3ccccc3)CC2)c(C(=O)NC2CCCCC2)c1. The molecule has 206 valence electrons. The largest absolute Gasteiger partial charge is 0.368 e. The van der Waals surface area contributed by atoms with Gasteiger partial charge in [-0.1, -0.05) is 76.3 Å². The Balaban J connectivity index is 1.48. The van der Waals surface area contributed by atoms with Crippen LogP contribution in [0.15, 0.2) is 48.5 Å². The molecule has 1 aliphatic heterocycles. The third-order valence-corrected chi connectivity index (χ3v) is 8.18. The number of unbranched alkanes of at least 4 members (excludes halogenated alkanes) is 1. The molecule has 4 rings (SSSR count). The number of nitrogens with one attached hydrogen (secondary N) is 2. The Morgan fingerprint density at radius 3 is 2.37 bits per heavy atom. The van der Waals surface area contributed by atoms with E-state index in [1.807, 2.05) is 18.2 Å². The number of carbonyl (C=O) groups is 2. The summed E-state index contributed by atoms with van der Waals surface area (Å²) in [5.41, 5.74) is 3.68. The summed E-state index contributed by atoms with van der Waals surface area (Å²) in [6, 6.07) is 16.7. The predicted molar refractivity (Wildman–Crippen MR) is 157 cm³/mol. The Hall–Kier alpha value is -2.86. The number of nitrogens with zero attached hydrogens (tertiary/aromatic N) is 2. The van der Waals surface area contributed by atoms with Crippen LogP contribution in [0.2, 0.25) is 0 Å². The lowest BCUT2D eigenvalue weighted by Crippen LogP contribution is -2.46. The monoisotopic (exact) mass is 518 g/mol. The molecule has 0 bridgehead atoms. The minimum absolute atomic E-state index is 0.00633. The van der Waals surface area contributed by atoms with Crippen LogP contribution in [0, 0.1) is 5.92 Å². The second-order valence-electron chi connectivity index (χ2n) is 11.0. The predicted octanol–water partition coefficient (Wildman–Crippen LogP) is 6.23. The molecule has 1 heterocycles. The zero-order valence-electron chi connectivity index (χ0n) is 23.4.